The topological polar surface area (TPSA) is 90.9 Å². The summed E-state index contributed by atoms with van der Waals surface area (Å²) in [5.74, 6) is -0.449. The van der Waals surface area contributed by atoms with Gasteiger partial charge >= 0.3 is 5.97 Å². The van der Waals surface area contributed by atoms with Crippen molar-refractivity contribution in [3.8, 4) is 0 Å². The van der Waals surface area contributed by atoms with Gasteiger partial charge in [-0.1, -0.05) is 71.3 Å². The van der Waals surface area contributed by atoms with Gasteiger partial charge in [-0.05, 0) is 6.42 Å². The second kappa shape index (κ2) is 34.0. The standard InChI is InChI=1S/C29H56O9/c1-3-5-6-7-8-9-10-11-12-13-14-31-15-16-32-17-18-33-19-20-34-21-22-35-23-24-36-25-26-37-27-28-38-29(30)4-2/h4H,2-3,5-28H2,1H3. The Morgan fingerprint density at radius 3 is 1.08 bits per heavy atom. The van der Waals surface area contributed by atoms with Crippen LogP contribution in [-0.4, -0.2) is 105 Å². The molecule has 0 aromatic carbocycles. The van der Waals surface area contributed by atoms with Gasteiger partial charge in [0.05, 0.1) is 85.9 Å². The number of carbonyl (C=O) groups excluding carboxylic acids is 1. The number of carbonyl (C=O) groups is 1. The fourth-order valence-corrected chi connectivity index (χ4v) is 3.37. The molecule has 226 valence electrons. The summed E-state index contributed by atoms with van der Waals surface area (Å²) in [6, 6.07) is 0. The molecular weight excluding hydrogens is 492 g/mol. The van der Waals surface area contributed by atoms with Crippen LogP contribution in [0.25, 0.3) is 0 Å². The van der Waals surface area contributed by atoms with E-state index in [1.165, 1.54) is 57.8 Å². The lowest BCUT2D eigenvalue weighted by Gasteiger charge is -2.08. The second-order valence-corrected chi connectivity index (χ2v) is 8.84. The normalized spacial score (nSPS) is 11.2. The number of hydrogen-bond acceptors (Lipinski definition) is 9. The van der Waals surface area contributed by atoms with Gasteiger partial charge in [-0.3, -0.25) is 0 Å². The lowest BCUT2D eigenvalue weighted by Crippen LogP contribution is -2.15. The van der Waals surface area contributed by atoms with E-state index in [1.54, 1.807) is 0 Å². The first-order chi connectivity index (χ1) is 18.8. The summed E-state index contributed by atoms with van der Waals surface area (Å²) in [6.45, 7) is 13.3. The summed E-state index contributed by atoms with van der Waals surface area (Å²) in [5, 5.41) is 0. The SMILES string of the molecule is C=CC(=O)OCCOCCOCCOCCOCCOCCOCCOCCCCCCCCCCCC. The maximum Gasteiger partial charge on any atom is 0.330 e. The van der Waals surface area contributed by atoms with Crippen LogP contribution >= 0.6 is 0 Å². The maximum atomic E-state index is 10.8. The summed E-state index contributed by atoms with van der Waals surface area (Å²) >= 11 is 0. The first kappa shape index (κ1) is 36.9. The molecule has 0 atom stereocenters. The minimum Gasteiger partial charge on any atom is -0.460 e. The second-order valence-electron chi connectivity index (χ2n) is 8.84. The average Bonchev–Trinajstić information content (AvgIpc) is 2.93. The molecule has 0 N–H and O–H groups in total. The fraction of sp³-hybridized carbons (Fsp3) is 0.897. The predicted octanol–water partition coefficient (Wildman–Crippen LogP) is 4.75. The maximum absolute atomic E-state index is 10.8. The highest BCUT2D eigenvalue weighted by Crippen LogP contribution is 2.10. The Morgan fingerprint density at radius 1 is 0.447 bits per heavy atom. The summed E-state index contributed by atoms with van der Waals surface area (Å²) in [5.41, 5.74) is 0. The molecule has 0 fully saturated rings. The van der Waals surface area contributed by atoms with Gasteiger partial charge in [-0.2, -0.15) is 0 Å². The molecule has 0 saturated heterocycles. The van der Waals surface area contributed by atoms with Crippen LogP contribution in [0.5, 0.6) is 0 Å². The van der Waals surface area contributed by atoms with Gasteiger partial charge in [0.1, 0.15) is 6.61 Å². The number of esters is 1. The van der Waals surface area contributed by atoms with Crippen molar-refractivity contribution >= 4 is 5.97 Å². The number of ether oxygens (including phenoxy) is 8. The van der Waals surface area contributed by atoms with Gasteiger partial charge in [0.25, 0.3) is 0 Å². The van der Waals surface area contributed by atoms with E-state index < -0.39 is 5.97 Å². The lowest BCUT2D eigenvalue weighted by atomic mass is 10.1. The van der Waals surface area contributed by atoms with Crippen LogP contribution in [-0.2, 0) is 42.7 Å². The van der Waals surface area contributed by atoms with E-state index in [9.17, 15) is 4.79 Å². The first-order valence-electron chi connectivity index (χ1n) is 14.6. The van der Waals surface area contributed by atoms with Gasteiger partial charge < -0.3 is 37.9 Å². The molecule has 0 rings (SSSR count). The molecule has 0 heterocycles. The molecule has 0 aliphatic rings. The molecule has 0 saturated carbocycles. The van der Waals surface area contributed by atoms with E-state index >= 15 is 0 Å². The van der Waals surface area contributed by atoms with E-state index in [1.807, 2.05) is 0 Å². The Balaban J connectivity index is 3.04. The van der Waals surface area contributed by atoms with Crippen molar-refractivity contribution in [2.75, 3.05) is 99.1 Å². The third kappa shape index (κ3) is 33.0. The average molecular weight is 549 g/mol. The largest absolute Gasteiger partial charge is 0.460 e. The van der Waals surface area contributed by atoms with Crippen molar-refractivity contribution in [3.05, 3.63) is 12.7 Å². The highest BCUT2D eigenvalue weighted by Gasteiger charge is 1.97. The van der Waals surface area contributed by atoms with Gasteiger partial charge in [0.2, 0.25) is 0 Å². The van der Waals surface area contributed by atoms with Crippen LogP contribution < -0.4 is 0 Å². The zero-order chi connectivity index (χ0) is 27.6. The molecule has 0 aliphatic carbocycles. The molecule has 0 aromatic heterocycles. The van der Waals surface area contributed by atoms with Crippen molar-refractivity contribution in [2.24, 2.45) is 0 Å². The van der Waals surface area contributed by atoms with Crippen LogP contribution in [0.3, 0.4) is 0 Å². The molecule has 0 radical (unpaired) electrons. The van der Waals surface area contributed by atoms with Gasteiger partial charge in [-0.25, -0.2) is 4.79 Å². The predicted molar refractivity (Wildman–Crippen MR) is 149 cm³/mol. The van der Waals surface area contributed by atoms with Gasteiger partial charge in [0, 0.05) is 12.7 Å². The van der Waals surface area contributed by atoms with E-state index in [4.69, 9.17) is 37.9 Å². The highest BCUT2D eigenvalue weighted by atomic mass is 16.6. The number of unbranched alkanes of at least 4 members (excludes halogenated alkanes) is 9. The van der Waals surface area contributed by atoms with Crippen molar-refractivity contribution < 1.29 is 42.7 Å². The fourth-order valence-electron chi connectivity index (χ4n) is 3.37. The minimum absolute atomic E-state index is 0.210. The molecule has 0 amide bonds. The van der Waals surface area contributed by atoms with Crippen molar-refractivity contribution in [1.82, 2.24) is 0 Å². The summed E-state index contributed by atoms with van der Waals surface area (Å²) in [4.78, 5) is 10.8. The van der Waals surface area contributed by atoms with Crippen LogP contribution in [0.2, 0.25) is 0 Å². The Kier molecular flexibility index (Phi) is 33.0. The molecule has 0 aromatic rings. The molecular formula is C29H56O9. The molecule has 9 heteroatoms. The van der Waals surface area contributed by atoms with Gasteiger partial charge in [0.15, 0.2) is 0 Å². The van der Waals surface area contributed by atoms with E-state index in [-0.39, 0.29) is 6.61 Å². The Bertz CT molecular complexity index is 477. The molecule has 0 aliphatic heterocycles. The molecule has 0 spiro atoms. The monoisotopic (exact) mass is 548 g/mol. The highest BCUT2D eigenvalue weighted by molar-refractivity contribution is 5.81. The zero-order valence-electron chi connectivity index (χ0n) is 24.1. The molecule has 9 nitrogen and oxygen atoms in total. The van der Waals surface area contributed by atoms with E-state index in [2.05, 4.69) is 13.5 Å². The van der Waals surface area contributed by atoms with Crippen molar-refractivity contribution in [1.29, 1.82) is 0 Å². The summed E-state index contributed by atoms with van der Waals surface area (Å²) < 4.78 is 43.0. The van der Waals surface area contributed by atoms with Crippen molar-refractivity contribution in [3.63, 3.8) is 0 Å². The summed E-state index contributed by atoms with van der Waals surface area (Å²) in [7, 11) is 0. The Hall–Kier alpha value is -1.07. The third-order valence-corrected chi connectivity index (χ3v) is 5.51. The van der Waals surface area contributed by atoms with Gasteiger partial charge in [-0.15, -0.1) is 0 Å². The van der Waals surface area contributed by atoms with E-state index in [0.29, 0.717) is 85.9 Å². The quantitative estimate of drug-likeness (QED) is 0.0654. The van der Waals surface area contributed by atoms with Crippen molar-refractivity contribution in [2.45, 2.75) is 71.1 Å². The van der Waals surface area contributed by atoms with Crippen LogP contribution in [0.1, 0.15) is 71.1 Å². The van der Waals surface area contributed by atoms with Crippen LogP contribution in [0.15, 0.2) is 12.7 Å². The third-order valence-electron chi connectivity index (χ3n) is 5.51. The smallest absolute Gasteiger partial charge is 0.330 e. The number of hydrogen-bond donors (Lipinski definition) is 0. The first-order valence-corrected chi connectivity index (χ1v) is 14.6. The molecule has 0 unspecified atom stereocenters. The summed E-state index contributed by atoms with van der Waals surface area (Å²) in [6.07, 6.45) is 14.5. The zero-order valence-corrected chi connectivity index (χ0v) is 24.1. The Morgan fingerprint density at radius 2 is 0.737 bits per heavy atom. The molecule has 38 heavy (non-hydrogen) atoms. The number of rotatable bonds is 33. The van der Waals surface area contributed by atoms with E-state index in [0.717, 1.165) is 19.1 Å². The van der Waals surface area contributed by atoms with Crippen LogP contribution in [0, 0.1) is 0 Å². The Labute approximate surface area is 231 Å². The molecule has 0 bridgehead atoms. The van der Waals surface area contributed by atoms with Crippen LogP contribution in [0.4, 0.5) is 0 Å². The minimum atomic E-state index is -0.449. The lowest BCUT2D eigenvalue weighted by molar-refractivity contribution is -0.139.